The standard InChI is InChI=1S/C24H15BrF2N2O3S/c25-16-7-10-21(32-13-14-5-8-17(26)9-6-14)15(11-16)12-18-22(30)28-24(33)29(23(18)31)20-4-2-1-3-19(20)27/h1-12H,13H2,(H,28,30,33)/b18-12+. The van der Waals surface area contributed by atoms with E-state index in [4.69, 9.17) is 17.0 Å². The maximum absolute atomic E-state index is 14.3. The number of halogens is 3. The van der Waals surface area contributed by atoms with Crippen LogP contribution in [0, 0.1) is 11.6 Å². The number of hydrogen-bond donors (Lipinski definition) is 1. The molecule has 0 saturated carbocycles. The molecule has 1 aliphatic heterocycles. The lowest BCUT2D eigenvalue weighted by atomic mass is 10.1. The maximum Gasteiger partial charge on any atom is 0.270 e. The number of para-hydroxylation sites is 1. The highest BCUT2D eigenvalue weighted by Crippen LogP contribution is 2.29. The topological polar surface area (TPSA) is 58.6 Å². The quantitative estimate of drug-likeness (QED) is 0.283. The summed E-state index contributed by atoms with van der Waals surface area (Å²) in [6.45, 7) is 0.143. The van der Waals surface area contributed by atoms with Gasteiger partial charge in [-0.1, -0.05) is 40.2 Å². The van der Waals surface area contributed by atoms with E-state index in [9.17, 15) is 18.4 Å². The molecule has 0 aliphatic carbocycles. The van der Waals surface area contributed by atoms with E-state index in [2.05, 4.69) is 21.2 Å². The van der Waals surface area contributed by atoms with Crippen LogP contribution in [0.2, 0.25) is 0 Å². The Balaban J connectivity index is 1.68. The van der Waals surface area contributed by atoms with Gasteiger partial charge in [0.25, 0.3) is 11.8 Å². The van der Waals surface area contributed by atoms with E-state index in [-0.39, 0.29) is 28.8 Å². The number of hydrogen-bond acceptors (Lipinski definition) is 4. The molecule has 1 N–H and O–H groups in total. The van der Waals surface area contributed by atoms with Crippen LogP contribution < -0.4 is 15.0 Å². The number of carbonyl (C=O) groups excluding carboxylic acids is 2. The molecule has 0 radical (unpaired) electrons. The molecule has 0 aromatic heterocycles. The van der Waals surface area contributed by atoms with Gasteiger partial charge in [-0.2, -0.15) is 0 Å². The zero-order chi connectivity index (χ0) is 23.5. The second-order valence-corrected chi connectivity index (χ2v) is 8.31. The van der Waals surface area contributed by atoms with Crippen LogP contribution in [0.4, 0.5) is 14.5 Å². The van der Waals surface area contributed by atoms with Crippen molar-refractivity contribution in [1.82, 2.24) is 5.32 Å². The Morgan fingerprint density at radius 1 is 1.03 bits per heavy atom. The van der Waals surface area contributed by atoms with Crippen molar-refractivity contribution in [3.63, 3.8) is 0 Å². The summed E-state index contributed by atoms with van der Waals surface area (Å²) in [5, 5.41) is 2.21. The van der Waals surface area contributed by atoms with E-state index < -0.39 is 17.6 Å². The normalized spacial score (nSPS) is 15.1. The molecule has 3 aromatic carbocycles. The van der Waals surface area contributed by atoms with Gasteiger partial charge >= 0.3 is 0 Å². The molecule has 0 unspecified atom stereocenters. The summed E-state index contributed by atoms with van der Waals surface area (Å²) in [6, 6.07) is 16.6. The summed E-state index contributed by atoms with van der Waals surface area (Å²) in [5.74, 6) is -2.09. The van der Waals surface area contributed by atoms with Gasteiger partial charge in [-0.25, -0.2) is 13.7 Å². The van der Waals surface area contributed by atoms with Crippen molar-refractivity contribution in [2.24, 2.45) is 0 Å². The molecular weight excluding hydrogens is 514 g/mol. The van der Waals surface area contributed by atoms with Crippen LogP contribution >= 0.6 is 28.1 Å². The van der Waals surface area contributed by atoms with E-state index in [0.717, 1.165) is 10.5 Å². The minimum absolute atomic E-state index is 0.0691. The van der Waals surface area contributed by atoms with Crippen molar-refractivity contribution in [3.8, 4) is 5.75 Å². The van der Waals surface area contributed by atoms with Crippen LogP contribution in [0.15, 0.2) is 76.8 Å². The van der Waals surface area contributed by atoms with Gasteiger partial charge in [0.15, 0.2) is 5.11 Å². The van der Waals surface area contributed by atoms with Crippen LogP contribution in [0.3, 0.4) is 0 Å². The zero-order valence-corrected chi connectivity index (χ0v) is 19.3. The molecule has 1 heterocycles. The first-order valence-corrected chi connectivity index (χ1v) is 10.9. The summed E-state index contributed by atoms with van der Waals surface area (Å²) in [5.41, 5.74) is 0.865. The van der Waals surface area contributed by atoms with E-state index in [0.29, 0.717) is 15.8 Å². The van der Waals surface area contributed by atoms with Crippen LogP contribution in [0.1, 0.15) is 11.1 Å². The Bertz CT molecular complexity index is 1300. The fourth-order valence-corrected chi connectivity index (χ4v) is 3.82. The van der Waals surface area contributed by atoms with Crippen molar-refractivity contribution >= 4 is 56.8 Å². The number of rotatable bonds is 5. The van der Waals surface area contributed by atoms with Crippen molar-refractivity contribution in [2.75, 3.05) is 4.90 Å². The predicted octanol–water partition coefficient (Wildman–Crippen LogP) is 5.14. The summed E-state index contributed by atoms with van der Waals surface area (Å²) in [6.07, 6.45) is 1.36. The van der Waals surface area contributed by atoms with Gasteiger partial charge in [0.2, 0.25) is 0 Å². The van der Waals surface area contributed by atoms with Crippen molar-refractivity contribution in [3.05, 3.63) is 99.5 Å². The fourth-order valence-electron chi connectivity index (χ4n) is 3.17. The number of carbonyl (C=O) groups is 2. The number of nitrogens with zero attached hydrogens (tertiary/aromatic N) is 1. The molecule has 0 spiro atoms. The molecule has 1 fully saturated rings. The smallest absolute Gasteiger partial charge is 0.270 e. The molecule has 5 nitrogen and oxygen atoms in total. The highest BCUT2D eigenvalue weighted by atomic mass is 79.9. The third-order valence-electron chi connectivity index (χ3n) is 4.77. The first-order valence-electron chi connectivity index (χ1n) is 9.66. The van der Waals surface area contributed by atoms with Crippen molar-refractivity contribution in [1.29, 1.82) is 0 Å². The molecule has 0 bridgehead atoms. The monoisotopic (exact) mass is 528 g/mol. The Morgan fingerprint density at radius 2 is 1.76 bits per heavy atom. The van der Waals surface area contributed by atoms with Gasteiger partial charge in [-0.3, -0.25) is 14.9 Å². The second-order valence-electron chi connectivity index (χ2n) is 7.01. The van der Waals surface area contributed by atoms with Crippen LogP contribution in [0.25, 0.3) is 6.08 Å². The number of amides is 2. The molecule has 33 heavy (non-hydrogen) atoms. The second kappa shape index (κ2) is 9.60. The molecule has 4 rings (SSSR count). The van der Waals surface area contributed by atoms with E-state index in [1.165, 1.54) is 36.4 Å². The number of thiocarbonyl (C=S) groups is 1. The summed E-state index contributed by atoms with van der Waals surface area (Å²) >= 11 is 8.48. The molecular formula is C24H15BrF2N2O3S. The molecule has 2 amide bonds. The van der Waals surface area contributed by atoms with Crippen molar-refractivity contribution in [2.45, 2.75) is 6.61 Å². The number of benzene rings is 3. The van der Waals surface area contributed by atoms with E-state index in [1.807, 2.05) is 0 Å². The van der Waals surface area contributed by atoms with Crippen LogP contribution in [-0.2, 0) is 16.2 Å². The van der Waals surface area contributed by atoms with Gasteiger partial charge in [0.05, 0.1) is 5.69 Å². The van der Waals surface area contributed by atoms with Crippen LogP contribution in [0.5, 0.6) is 5.75 Å². The van der Waals surface area contributed by atoms with Gasteiger partial charge in [-0.15, -0.1) is 0 Å². The lowest BCUT2D eigenvalue weighted by Crippen LogP contribution is -2.54. The van der Waals surface area contributed by atoms with E-state index >= 15 is 0 Å². The molecule has 3 aromatic rings. The van der Waals surface area contributed by atoms with Gasteiger partial charge < -0.3 is 4.74 Å². The highest BCUT2D eigenvalue weighted by molar-refractivity contribution is 9.10. The predicted molar refractivity (Wildman–Crippen MR) is 127 cm³/mol. The Hall–Kier alpha value is -3.43. The Labute approximate surface area is 201 Å². The minimum atomic E-state index is -0.765. The number of anilines is 1. The first-order chi connectivity index (χ1) is 15.8. The lowest BCUT2D eigenvalue weighted by Gasteiger charge is -2.29. The first kappa shape index (κ1) is 22.8. The summed E-state index contributed by atoms with van der Waals surface area (Å²) in [7, 11) is 0. The number of nitrogens with one attached hydrogen (secondary N) is 1. The molecule has 0 atom stereocenters. The highest BCUT2D eigenvalue weighted by Gasteiger charge is 2.35. The lowest BCUT2D eigenvalue weighted by molar-refractivity contribution is -0.122. The molecule has 9 heteroatoms. The summed E-state index contributed by atoms with van der Waals surface area (Å²) < 4.78 is 34.0. The average Bonchev–Trinajstić information content (AvgIpc) is 2.78. The largest absolute Gasteiger partial charge is 0.488 e. The Kier molecular flexibility index (Phi) is 6.62. The van der Waals surface area contributed by atoms with Gasteiger partial charge in [0, 0.05) is 10.0 Å². The minimum Gasteiger partial charge on any atom is -0.488 e. The average molecular weight is 529 g/mol. The molecule has 1 aliphatic rings. The SMILES string of the molecule is O=C1NC(=S)N(c2ccccc2F)C(=O)/C1=C/c1cc(Br)ccc1OCc1ccc(F)cc1. The van der Waals surface area contributed by atoms with Crippen molar-refractivity contribution < 1.29 is 23.1 Å². The molecule has 1 saturated heterocycles. The maximum atomic E-state index is 14.3. The van der Waals surface area contributed by atoms with Crippen LogP contribution in [-0.4, -0.2) is 16.9 Å². The number of ether oxygens (including phenoxy) is 1. The van der Waals surface area contributed by atoms with E-state index in [1.54, 1.807) is 36.4 Å². The summed E-state index contributed by atoms with van der Waals surface area (Å²) in [4.78, 5) is 26.7. The van der Waals surface area contributed by atoms with Gasteiger partial charge in [-0.05, 0) is 66.3 Å². The third kappa shape index (κ3) is 4.99. The molecule has 166 valence electrons. The fraction of sp³-hybridized carbons (Fsp3) is 0.0417. The third-order valence-corrected chi connectivity index (χ3v) is 5.55. The zero-order valence-electron chi connectivity index (χ0n) is 16.8. The van der Waals surface area contributed by atoms with Gasteiger partial charge in [0.1, 0.15) is 29.6 Å². The Morgan fingerprint density at radius 3 is 2.48 bits per heavy atom.